The molecular weight excluding hydrogens is 192 g/mol. The molecule has 0 aromatic carbocycles. The highest BCUT2D eigenvalue weighted by Crippen LogP contribution is 2.38. The number of alkyl halides is 1. The molecule has 0 saturated heterocycles. The Kier molecular flexibility index (Phi) is 4.76. The third kappa shape index (κ3) is 3.81. The molecule has 0 radical (unpaired) electrons. The number of rotatable bonds is 3. The van der Waals surface area contributed by atoms with E-state index in [-0.39, 0.29) is 0 Å². The van der Waals surface area contributed by atoms with Crippen LogP contribution < -0.4 is 0 Å². The van der Waals surface area contributed by atoms with E-state index in [1.807, 2.05) is 0 Å². The molecule has 1 heteroatoms. The molecule has 1 aliphatic carbocycles. The van der Waals surface area contributed by atoms with Gasteiger partial charge in [-0.15, -0.1) is 11.6 Å². The zero-order valence-electron chi connectivity index (χ0n) is 10.1. The van der Waals surface area contributed by atoms with Crippen molar-refractivity contribution in [2.75, 3.05) is 0 Å². The van der Waals surface area contributed by atoms with Crippen LogP contribution >= 0.6 is 11.6 Å². The fourth-order valence-corrected chi connectivity index (χ4v) is 3.46. The minimum atomic E-state index is 0.345. The number of hydrogen-bond acceptors (Lipinski definition) is 0. The van der Waals surface area contributed by atoms with E-state index in [0.717, 1.165) is 23.7 Å². The van der Waals surface area contributed by atoms with Crippen molar-refractivity contribution < 1.29 is 0 Å². The Labute approximate surface area is 94.4 Å². The molecule has 0 aliphatic heterocycles. The minimum absolute atomic E-state index is 0.345. The molecule has 0 nitrogen and oxygen atoms in total. The van der Waals surface area contributed by atoms with Crippen molar-refractivity contribution in [2.24, 2.45) is 23.7 Å². The van der Waals surface area contributed by atoms with Crippen LogP contribution in [0.2, 0.25) is 0 Å². The fourth-order valence-electron chi connectivity index (χ4n) is 3.18. The molecule has 0 N–H and O–H groups in total. The Hall–Kier alpha value is 0.290. The van der Waals surface area contributed by atoms with Gasteiger partial charge in [0.05, 0.1) is 0 Å². The van der Waals surface area contributed by atoms with Crippen molar-refractivity contribution in [3.05, 3.63) is 0 Å². The lowest BCUT2D eigenvalue weighted by Gasteiger charge is -2.35. The average molecular weight is 217 g/mol. The van der Waals surface area contributed by atoms with E-state index >= 15 is 0 Å². The highest BCUT2D eigenvalue weighted by Gasteiger charge is 2.28. The molecule has 4 atom stereocenters. The van der Waals surface area contributed by atoms with Gasteiger partial charge in [-0.2, -0.15) is 0 Å². The zero-order valence-corrected chi connectivity index (χ0v) is 10.8. The van der Waals surface area contributed by atoms with E-state index in [2.05, 4.69) is 27.7 Å². The van der Waals surface area contributed by atoms with E-state index in [1.54, 1.807) is 0 Å². The molecular formula is C13H25Cl. The van der Waals surface area contributed by atoms with Crippen molar-refractivity contribution in [3.63, 3.8) is 0 Å². The summed E-state index contributed by atoms with van der Waals surface area (Å²) in [5.74, 6) is 3.59. The summed E-state index contributed by atoms with van der Waals surface area (Å²) >= 11 is 6.06. The van der Waals surface area contributed by atoms with E-state index in [0.29, 0.717) is 5.38 Å². The van der Waals surface area contributed by atoms with Gasteiger partial charge in [0.15, 0.2) is 0 Å². The van der Waals surface area contributed by atoms with Crippen LogP contribution in [-0.4, -0.2) is 5.38 Å². The second kappa shape index (κ2) is 5.39. The molecule has 0 bridgehead atoms. The van der Waals surface area contributed by atoms with Gasteiger partial charge in [-0.05, 0) is 56.3 Å². The molecule has 14 heavy (non-hydrogen) atoms. The molecule has 4 unspecified atom stereocenters. The standard InChI is InChI=1S/C13H25Cl/c1-9-5-10(2)7-13(6-9)11(3)8-12(4)14/h9-13H,5-8H2,1-4H3. The van der Waals surface area contributed by atoms with Crippen LogP contribution in [0.25, 0.3) is 0 Å². The molecule has 0 amide bonds. The van der Waals surface area contributed by atoms with Crippen LogP contribution in [0.5, 0.6) is 0 Å². The second-order valence-electron chi connectivity index (χ2n) is 5.67. The predicted molar refractivity (Wildman–Crippen MR) is 64.8 cm³/mol. The van der Waals surface area contributed by atoms with Crippen LogP contribution in [0.3, 0.4) is 0 Å². The topological polar surface area (TPSA) is 0 Å². The summed E-state index contributed by atoms with van der Waals surface area (Å²) < 4.78 is 0. The highest BCUT2D eigenvalue weighted by atomic mass is 35.5. The average Bonchev–Trinajstić information content (AvgIpc) is 2.00. The Morgan fingerprint density at radius 2 is 1.57 bits per heavy atom. The molecule has 0 spiro atoms. The Balaban J connectivity index is 2.42. The van der Waals surface area contributed by atoms with Gasteiger partial charge in [0.25, 0.3) is 0 Å². The van der Waals surface area contributed by atoms with E-state index in [4.69, 9.17) is 11.6 Å². The van der Waals surface area contributed by atoms with Gasteiger partial charge < -0.3 is 0 Å². The maximum atomic E-state index is 6.06. The van der Waals surface area contributed by atoms with Crippen LogP contribution in [0.4, 0.5) is 0 Å². The minimum Gasteiger partial charge on any atom is -0.123 e. The first kappa shape index (κ1) is 12.4. The van der Waals surface area contributed by atoms with Crippen molar-refractivity contribution in [1.82, 2.24) is 0 Å². The van der Waals surface area contributed by atoms with E-state index in [1.165, 1.54) is 25.7 Å². The smallest absolute Gasteiger partial charge is 0.0310 e. The second-order valence-corrected chi connectivity index (χ2v) is 6.42. The summed E-state index contributed by atoms with van der Waals surface area (Å²) in [4.78, 5) is 0. The van der Waals surface area contributed by atoms with Crippen LogP contribution in [0.15, 0.2) is 0 Å². The first-order valence-electron chi connectivity index (χ1n) is 6.13. The molecule has 0 heterocycles. The summed E-state index contributed by atoms with van der Waals surface area (Å²) in [6.45, 7) is 9.31. The van der Waals surface area contributed by atoms with E-state index in [9.17, 15) is 0 Å². The number of hydrogen-bond donors (Lipinski definition) is 0. The monoisotopic (exact) mass is 216 g/mol. The first-order valence-corrected chi connectivity index (χ1v) is 6.56. The molecule has 1 aliphatic rings. The Bertz CT molecular complexity index is 155. The predicted octanol–water partition coefficient (Wildman–Crippen LogP) is 4.71. The summed E-state index contributed by atoms with van der Waals surface area (Å²) in [5, 5.41) is 0.345. The lowest BCUT2D eigenvalue weighted by atomic mass is 9.71. The number of halogens is 1. The van der Waals surface area contributed by atoms with Gasteiger partial charge in [-0.25, -0.2) is 0 Å². The maximum absolute atomic E-state index is 6.06. The summed E-state index contributed by atoms with van der Waals surface area (Å²) in [5.41, 5.74) is 0. The van der Waals surface area contributed by atoms with Crippen molar-refractivity contribution in [2.45, 2.75) is 58.8 Å². The third-order valence-corrected chi connectivity index (χ3v) is 3.89. The molecule has 1 rings (SSSR count). The maximum Gasteiger partial charge on any atom is 0.0310 e. The first-order chi connectivity index (χ1) is 6.49. The molecule has 1 saturated carbocycles. The van der Waals surface area contributed by atoms with Gasteiger partial charge in [0.1, 0.15) is 0 Å². The van der Waals surface area contributed by atoms with Crippen molar-refractivity contribution in [3.8, 4) is 0 Å². The Morgan fingerprint density at radius 3 is 2.00 bits per heavy atom. The van der Waals surface area contributed by atoms with Gasteiger partial charge in [0.2, 0.25) is 0 Å². The lowest BCUT2D eigenvalue weighted by molar-refractivity contribution is 0.163. The van der Waals surface area contributed by atoms with Crippen LogP contribution in [-0.2, 0) is 0 Å². The Morgan fingerprint density at radius 1 is 1.07 bits per heavy atom. The zero-order chi connectivity index (χ0) is 10.7. The third-order valence-electron chi connectivity index (χ3n) is 3.72. The SMILES string of the molecule is CC(Cl)CC(C)C1CC(C)CC(C)C1. The van der Waals surface area contributed by atoms with Crippen LogP contribution in [0.1, 0.15) is 53.4 Å². The summed E-state index contributed by atoms with van der Waals surface area (Å²) in [7, 11) is 0. The van der Waals surface area contributed by atoms with Gasteiger partial charge in [-0.1, -0.05) is 20.8 Å². The molecule has 1 fully saturated rings. The molecule has 0 aromatic heterocycles. The normalized spacial score (nSPS) is 37.9. The van der Waals surface area contributed by atoms with Gasteiger partial charge in [0, 0.05) is 5.38 Å². The quantitative estimate of drug-likeness (QED) is 0.600. The van der Waals surface area contributed by atoms with E-state index < -0.39 is 0 Å². The van der Waals surface area contributed by atoms with Gasteiger partial charge in [-0.3, -0.25) is 0 Å². The highest BCUT2D eigenvalue weighted by molar-refractivity contribution is 6.20. The fraction of sp³-hybridized carbons (Fsp3) is 1.00. The summed E-state index contributed by atoms with van der Waals surface area (Å²) in [6, 6.07) is 0. The summed E-state index contributed by atoms with van der Waals surface area (Å²) in [6.07, 6.45) is 5.47. The molecule has 0 aromatic rings. The van der Waals surface area contributed by atoms with Crippen LogP contribution in [0, 0.1) is 23.7 Å². The van der Waals surface area contributed by atoms with Gasteiger partial charge >= 0.3 is 0 Å². The van der Waals surface area contributed by atoms with Crippen molar-refractivity contribution >= 4 is 11.6 Å². The van der Waals surface area contributed by atoms with Crippen molar-refractivity contribution in [1.29, 1.82) is 0 Å². The lowest BCUT2D eigenvalue weighted by Crippen LogP contribution is -2.25. The largest absolute Gasteiger partial charge is 0.123 e. The molecule has 84 valence electrons.